The molecule has 0 fully saturated rings. The van der Waals surface area contributed by atoms with Crippen molar-refractivity contribution in [3.05, 3.63) is 29.3 Å². The average molecular weight is 291 g/mol. The van der Waals surface area contributed by atoms with Crippen LogP contribution in [0.3, 0.4) is 0 Å². The summed E-state index contributed by atoms with van der Waals surface area (Å²) in [4.78, 5) is 11.2. The Bertz CT molecular complexity index is 487. The fourth-order valence-corrected chi connectivity index (χ4v) is 2.98. The van der Waals surface area contributed by atoms with Crippen molar-refractivity contribution < 1.29 is 14.6 Å². The average Bonchev–Trinajstić information content (AvgIpc) is 2.47. The Labute approximate surface area is 126 Å². The van der Waals surface area contributed by atoms with Gasteiger partial charge in [-0.2, -0.15) is 0 Å². The number of ether oxygens (including phenoxy) is 1. The van der Waals surface area contributed by atoms with Gasteiger partial charge in [0.25, 0.3) is 0 Å². The molecule has 0 aromatic heterocycles. The maximum atomic E-state index is 11.2. The third kappa shape index (κ3) is 3.97. The van der Waals surface area contributed by atoms with E-state index >= 15 is 0 Å². The Morgan fingerprint density at radius 1 is 1.48 bits per heavy atom. The Hall–Kier alpha value is -1.55. The smallest absolute Gasteiger partial charge is 0.344 e. The van der Waals surface area contributed by atoms with Crippen LogP contribution in [0.15, 0.2) is 18.2 Å². The van der Waals surface area contributed by atoms with E-state index in [9.17, 15) is 9.90 Å². The normalized spacial score (nSPS) is 18.9. The van der Waals surface area contributed by atoms with Gasteiger partial charge in [-0.15, -0.1) is 0 Å². The van der Waals surface area contributed by atoms with Gasteiger partial charge < -0.3 is 15.2 Å². The second-order valence-corrected chi connectivity index (χ2v) is 5.60. The summed E-state index contributed by atoms with van der Waals surface area (Å²) < 4.78 is 5.66. The van der Waals surface area contributed by atoms with Crippen LogP contribution >= 0.6 is 0 Å². The van der Waals surface area contributed by atoms with Crippen LogP contribution in [-0.4, -0.2) is 23.7 Å². The van der Waals surface area contributed by atoms with Crippen LogP contribution in [0.5, 0.6) is 5.75 Å². The van der Waals surface area contributed by atoms with Crippen molar-refractivity contribution in [3.63, 3.8) is 0 Å². The summed E-state index contributed by atoms with van der Waals surface area (Å²) in [5.41, 5.74) is 2.61. The summed E-state index contributed by atoms with van der Waals surface area (Å²) in [5.74, 6) is -0.216. The highest BCUT2D eigenvalue weighted by atomic mass is 16.5. The van der Waals surface area contributed by atoms with Gasteiger partial charge in [-0.1, -0.05) is 26.3 Å². The van der Waals surface area contributed by atoms with Crippen molar-refractivity contribution in [2.45, 2.75) is 58.1 Å². The Morgan fingerprint density at radius 3 is 2.95 bits per heavy atom. The van der Waals surface area contributed by atoms with Gasteiger partial charge in [-0.25, -0.2) is 4.79 Å². The highest BCUT2D eigenvalue weighted by Crippen LogP contribution is 2.32. The maximum Gasteiger partial charge on any atom is 0.344 e. The highest BCUT2D eigenvalue weighted by molar-refractivity contribution is 5.72. The first-order valence-corrected chi connectivity index (χ1v) is 7.91. The molecule has 2 atom stereocenters. The monoisotopic (exact) mass is 291 g/mol. The third-order valence-corrected chi connectivity index (χ3v) is 3.98. The van der Waals surface area contributed by atoms with Gasteiger partial charge in [0.2, 0.25) is 0 Å². The fourth-order valence-electron chi connectivity index (χ4n) is 2.98. The van der Waals surface area contributed by atoms with E-state index in [-0.39, 0.29) is 0 Å². The number of carbonyl (C=O) groups is 1. The Kier molecular flexibility index (Phi) is 5.62. The van der Waals surface area contributed by atoms with Crippen molar-refractivity contribution in [3.8, 4) is 5.75 Å². The molecule has 21 heavy (non-hydrogen) atoms. The van der Waals surface area contributed by atoms with Crippen molar-refractivity contribution >= 4 is 5.97 Å². The number of benzene rings is 1. The molecule has 0 aliphatic heterocycles. The third-order valence-electron chi connectivity index (χ3n) is 3.98. The van der Waals surface area contributed by atoms with Crippen molar-refractivity contribution in [2.75, 3.05) is 6.54 Å². The molecule has 4 nitrogen and oxygen atoms in total. The van der Waals surface area contributed by atoms with Crippen LogP contribution < -0.4 is 10.1 Å². The molecule has 1 aromatic rings. The van der Waals surface area contributed by atoms with E-state index in [1.165, 1.54) is 11.1 Å². The predicted molar refractivity (Wildman–Crippen MR) is 82.8 cm³/mol. The van der Waals surface area contributed by atoms with Gasteiger partial charge >= 0.3 is 5.97 Å². The maximum absolute atomic E-state index is 11.2. The van der Waals surface area contributed by atoms with E-state index in [1.54, 1.807) is 0 Å². The minimum absolute atomic E-state index is 0.415. The topological polar surface area (TPSA) is 58.6 Å². The molecule has 0 saturated carbocycles. The van der Waals surface area contributed by atoms with Crippen LogP contribution in [-0.2, 0) is 11.2 Å². The molecule has 1 aromatic carbocycles. The number of rotatable bonds is 7. The molecule has 0 amide bonds. The minimum Gasteiger partial charge on any atom is -0.479 e. The van der Waals surface area contributed by atoms with Crippen LogP contribution in [0.1, 0.15) is 56.7 Å². The fraction of sp³-hybridized carbons (Fsp3) is 0.588. The van der Waals surface area contributed by atoms with Crippen molar-refractivity contribution in [1.29, 1.82) is 0 Å². The zero-order valence-corrected chi connectivity index (χ0v) is 12.9. The summed E-state index contributed by atoms with van der Waals surface area (Å²) in [6.07, 6.45) is 3.94. The number of nitrogens with one attached hydrogen (secondary N) is 1. The van der Waals surface area contributed by atoms with E-state index in [4.69, 9.17) is 4.74 Å². The number of carboxylic acid groups (broad SMARTS) is 1. The van der Waals surface area contributed by atoms with Crippen LogP contribution in [0, 0.1) is 0 Å². The van der Waals surface area contributed by atoms with Gasteiger partial charge in [0, 0.05) is 6.04 Å². The molecule has 2 unspecified atom stereocenters. The zero-order valence-electron chi connectivity index (χ0n) is 12.9. The largest absolute Gasteiger partial charge is 0.479 e. The van der Waals surface area contributed by atoms with Gasteiger partial charge in [0.15, 0.2) is 6.10 Å². The molecular weight excluding hydrogens is 266 g/mol. The number of carboxylic acids is 1. The number of aryl methyl sites for hydroxylation is 1. The van der Waals surface area contributed by atoms with Gasteiger partial charge in [0.1, 0.15) is 5.75 Å². The first kappa shape index (κ1) is 15.8. The Morgan fingerprint density at radius 2 is 2.29 bits per heavy atom. The van der Waals surface area contributed by atoms with E-state index in [0.29, 0.717) is 18.2 Å². The standard InChI is InChI=1S/C17H25NO3/c1-3-6-16(17(19)20)21-13-9-10-14-12(11-13)7-5-8-15(14)18-4-2/h9-11,15-16,18H,3-8H2,1-2H3,(H,19,20). The lowest BCUT2D eigenvalue weighted by molar-refractivity contribution is -0.145. The van der Waals surface area contributed by atoms with E-state index in [0.717, 1.165) is 32.2 Å². The summed E-state index contributed by atoms with van der Waals surface area (Å²) in [7, 11) is 0. The number of hydrogen-bond acceptors (Lipinski definition) is 3. The SMILES string of the molecule is CCCC(Oc1ccc2c(c1)CCCC2NCC)C(=O)O. The quantitative estimate of drug-likeness (QED) is 0.809. The highest BCUT2D eigenvalue weighted by Gasteiger charge is 2.22. The molecule has 0 spiro atoms. The molecule has 0 bridgehead atoms. The molecular formula is C17H25NO3. The molecule has 0 saturated heterocycles. The number of aliphatic carboxylic acids is 1. The molecule has 0 heterocycles. The summed E-state index contributed by atoms with van der Waals surface area (Å²) in [6, 6.07) is 6.42. The predicted octanol–water partition coefficient (Wildman–Crippen LogP) is 3.31. The van der Waals surface area contributed by atoms with Crippen molar-refractivity contribution in [2.24, 2.45) is 0 Å². The molecule has 1 aliphatic rings. The zero-order chi connectivity index (χ0) is 15.2. The molecule has 2 N–H and O–H groups in total. The van der Waals surface area contributed by atoms with E-state index in [1.807, 2.05) is 19.1 Å². The second-order valence-electron chi connectivity index (χ2n) is 5.60. The first-order valence-electron chi connectivity index (χ1n) is 7.91. The number of hydrogen-bond donors (Lipinski definition) is 2. The van der Waals surface area contributed by atoms with Crippen LogP contribution in [0.2, 0.25) is 0 Å². The lowest BCUT2D eigenvalue weighted by Gasteiger charge is -2.27. The van der Waals surface area contributed by atoms with Gasteiger partial charge in [0.05, 0.1) is 0 Å². The van der Waals surface area contributed by atoms with Gasteiger partial charge in [-0.3, -0.25) is 0 Å². The molecule has 4 heteroatoms. The Balaban J connectivity index is 2.14. The molecule has 1 aliphatic carbocycles. The van der Waals surface area contributed by atoms with E-state index < -0.39 is 12.1 Å². The lowest BCUT2D eigenvalue weighted by Crippen LogP contribution is -2.27. The molecule has 2 rings (SSSR count). The van der Waals surface area contributed by atoms with Crippen LogP contribution in [0.4, 0.5) is 0 Å². The lowest BCUT2D eigenvalue weighted by atomic mass is 9.87. The second kappa shape index (κ2) is 7.46. The number of fused-ring (bicyclic) bond motifs is 1. The summed E-state index contributed by atoms with van der Waals surface area (Å²) >= 11 is 0. The first-order chi connectivity index (χ1) is 10.2. The molecule has 0 radical (unpaired) electrons. The summed E-state index contributed by atoms with van der Waals surface area (Å²) in [5, 5.41) is 12.7. The van der Waals surface area contributed by atoms with E-state index in [2.05, 4.69) is 18.3 Å². The summed E-state index contributed by atoms with van der Waals surface area (Å²) in [6.45, 7) is 5.04. The van der Waals surface area contributed by atoms with Gasteiger partial charge in [-0.05, 0) is 55.5 Å². The molecule has 116 valence electrons. The minimum atomic E-state index is -0.889. The van der Waals surface area contributed by atoms with Crippen LogP contribution in [0.25, 0.3) is 0 Å². The van der Waals surface area contributed by atoms with Crippen molar-refractivity contribution in [1.82, 2.24) is 5.32 Å².